The van der Waals surface area contributed by atoms with Crippen molar-refractivity contribution in [2.24, 2.45) is 5.92 Å². The number of rotatable bonds is 17. The predicted molar refractivity (Wildman–Crippen MR) is 208 cm³/mol. The van der Waals surface area contributed by atoms with Gasteiger partial charge in [0.2, 0.25) is 0 Å². The second kappa shape index (κ2) is 22.2. The fourth-order valence-electron chi connectivity index (χ4n) is 7.54. The van der Waals surface area contributed by atoms with Crippen LogP contribution in [-0.2, 0) is 23.7 Å². The number of benzene rings is 3. The first-order valence-corrected chi connectivity index (χ1v) is 20.2. The Balaban J connectivity index is 0.000000332. The molecule has 0 bridgehead atoms. The molecule has 0 radical (unpaired) electrons. The summed E-state index contributed by atoms with van der Waals surface area (Å²) in [5, 5.41) is 16.1. The Kier molecular flexibility index (Phi) is 17.9. The Bertz CT molecular complexity index is 1520. The van der Waals surface area contributed by atoms with Crippen LogP contribution in [0.25, 0.3) is 0 Å². The van der Waals surface area contributed by atoms with Crippen LogP contribution in [0.2, 0.25) is 0 Å². The fourth-order valence-corrected chi connectivity index (χ4v) is 7.54. The lowest BCUT2D eigenvalue weighted by Gasteiger charge is -2.30. The van der Waals surface area contributed by atoms with Gasteiger partial charge in [-0.2, -0.15) is 26.3 Å². The Labute approximate surface area is 323 Å². The highest BCUT2D eigenvalue weighted by Gasteiger charge is 2.38. The summed E-state index contributed by atoms with van der Waals surface area (Å²) >= 11 is 0. The summed E-state index contributed by atoms with van der Waals surface area (Å²) in [5.41, 5.74) is -0.994. The zero-order valence-electron chi connectivity index (χ0n) is 32.2. The van der Waals surface area contributed by atoms with Gasteiger partial charge >= 0.3 is 18.3 Å². The van der Waals surface area contributed by atoms with E-state index in [9.17, 15) is 36.2 Å². The van der Waals surface area contributed by atoms with E-state index in [1.807, 2.05) is 6.07 Å². The van der Waals surface area contributed by atoms with Crippen molar-refractivity contribution in [2.45, 2.75) is 134 Å². The molecule has 5 nitrogen and oxygen atoms in total. The van der Waals surface area contributed by atoms with E-state index in [1.54, 1.807) is 48.5 Å². The summed E-state index contributed by atoms with van der Waals surface area (Å²) in [4.78, 5) is 13.3. The van der Waals surface area contributed by atoms with Crippen molar-refractivity contribution in [1.82, 2.24) is 10.2 Å². The molecular weight excluding hydrogens is 716 g/mol. The topological polar surface area (TPSA) is 64.6 Å². The lowest BCUT2D eigenvalue weighted by atomic mass is 9.94. The van der Waals surface area contributed by atoms with Crippen molar-refractivity contribution < 1.29 is 36.2 Å². The zero-order chi connectivity index (χ0) is 39.7. The lowest BCUT2D eigenvalue weighted by molar-refractivity contribution is -0.144. The molecular formula is C44H59F6N3O2. The third-order valence-corrected chi connectivity index (χ3v) is 10.7. The largest absolute Gasteiger partial charge is 0.481 e. The summed E-state index contributed by atoms with van der Waals surface area (Å²) < 4.78 is 81.3. The van der Waals surface area contributed by atoms with Crippen LogP contribution in [0.5, 0.6) is 0 Å². The van der Waals surface area contributed by atoms with Gasteiger partial charge in [0.15, 0.2) is 0 Å². The summed E-state index contributed by atoms with van der Waals surface area (Å²) in [6, 6.07) is 17.0. The maximum atomic E-state index is 13.5. The minimum absolute atomic E-state index is 0.125. The number of carboxylic acid groups (broad SMARTS) is 1. The van der Waals surface area contributed by atoms with E-state index in [1.165, 1.54) is 90.0 Å². The number of carbonyl (C=O) groups is 1. The number of nitrogens with one attached hydrogen (secondary N) is 2. The SMILES string of the molecule is CCCCCCCCCCNC1CCCCC1.O=C(O)C1CCN(Cc2cccc(NC(c3ccccc3)c3cc(C(F)(F)F)cc(C(F)(F)F)c3)c2)CC1. The number of nitrogens with zero attached hydrogens (tertiary/aromatic N) is 1. The van der Waals surface area contributed by atoms with Crippen molar-refractivity contribution >= 4 is 11.7 Å². The molecule has 1 unspecified atom stereocenters. The minimum Gasteiger partial charge on any atom is -0.481 e. The van der Waals surface area contributed by atoms with E-state index in [-0.39, 0.29) is 17.5 Å². The van der Waals surface area contributed by atoms with E-state index < -0.39 is 35.5 Å². The summed E-state index contributed by atoms with van der Waals surface area (Å²) in [7, 11) is 0. The van der Waals surface area contributed by atoms with Crippen LogP contribution in [0.4, 0.5) is 32.0 Å². The van der Waals surface area contributed by atoms with Crippen molar-refractivity contribution in [2.75, 3.05) is 25.0 Å². The van der Waals surface area contributed by atoms with Crippen LogP contribution in [0.15, 0.2) is 72.8 Å². The van der Waals surface area contributed by atoms with Crippen LogP contribution in [0.1, 0.15) is 137 Å². The van der Waals surface area contributed by atoms with Crippen molar-refractivity contribution in [3.63, 3.8) is 0 Å². The van der Waals surface area contributed by atoms with Crippen LogP contribution in [0.3, 0.4) is 0 Å². The highest BCUT2D eigenvalue weighted by molar-refractivity contribution is 5.70. The zero-order valence-corrected chi connectivity index (χ0v) is 32.2. The quantitative estimate of drug-likeness (QED) is 0.0941. The van der Waals surface area contributed by atoms with Gasteiger partial charge in [-0.1, -0.05) is 114 Å². The van der Waals surface area contributed by atoms with Gasteiger partial charge in [0, 0.05) is 18.3 Å². The van der Waals surface area contributed by atoms with Crippen molar-refractivity contribution in [3.05, 3.63) is 101 Å². The molecule has 3 N–H and O–H groups in total. The summed E-state index contributed by atoms with van der Waals surface area (Å²) in [5.74, 6) is -1.16. The molecule has 304 valence electrons. The molecule has 1 saturated carbocycles. The van der Waals surface area contributed by atoms with Crippen LogP contribution in [-0.4, -0.2) is 41.7 Å². The normalized spacial score (nSPS) is 16.6. The number of unbranched alkanes of at least 4 members (excludes halogenated alkanes) is 7. The first-order chi connectivity index (χ1) is 26.3. The number of hydrogen-bond acceptors (Lipinski definition) is 4. The second-order valence-corrected chi connectivity index (χ2v) is 15.2. The monoisotopic (exact) mass is 775 g/mol. The van der Waals surface area contributed by atoms with E-state index >= 15 is 0 Å². The highest BCUT2D eigenvalue weighted by Crippen LogP contribution is 2.39. The molecule has 11 heteroatoms. The van der Waals surface area contributed by atoms with E-state index in [0.717, 1.165) is 23.7 Å². The summed E-state index contributed by atoms with van der Waals surface area (Å²) in [6.45, 7) is 5.33. The molecule has 3 aromatic rings. The van der Waals surface area contributed by atoms with Crippen molar-refractivity contribution in [3.8, 4) is 0 Å². The number of hydrogen-bond donors (Lipinski definition) is 3. The molecule has 1 heterocycles. The van der Waals surface area contributed by atoms with Crippen LogP contribution in [0, 0.1) is 5.92 Å². The Morgan fingerprint density at radius 3 is 1.91 bits per heavy atom. The number of likely N-dealkylation sites (tertiary alicyclic amines) is 1. The third-order valence-electron chi connectivity index (χ3n) is 10.7. The number of piperidine rings is 1. The number of halogens is 6. The molecule has 1 aliphatic carbocycles. The molecule has 0 aromatic heterocycles. The van der Waals surface area contributed by atoms with Gasteiger partial charge < -0.3 is 15.7 Å². The number of aliphatic carboxylic acids is 1. The first kappa shape index (κ1) is 44.1. The van der Waals surface area contributed by atoms with E-state index in [2.05, 4.69) is 22.5 Å². The summed E-state index contributed by atoms with van der Waals surface area (Å²) in [6.07, 6.45) is 9.87. The van der Waals surface area contributed by atoms with Gasteiger partial charge in [-0.05, 0) is 98.8 Å². The van der Waals surface area contributed by atoms with Gasteiger partial charge in [0.1, 0.15) is 0 Å². The Morgan fingerprint density at radius 1 is 0.727 bits per heavy atom. The molecule has 0 amide bonds. The smallest absolute Gasteiger partial charge is 0.416 e. The Hall–Kier alpha value is -3.57. The van der Waals surface area contributed by atoms with E-state index in [4.69, 9.17) is 0 Å². The maximum Gasteiger partial charge on any atom is 0.416 e. The molecule has 1 aliphatic heterocycles. The molecule has 5 rings (SSSR count). The fraction of sp³-hybridized carbons (Fsp3) is 0.568. The standard InChI is InChI=1S/C28H26F6N2O2.C16H33N/c29-27(30,31)22-14-21(15-23(16-22)28(32,33)34)25(19-6-2-1-3-7-19)35-24-8-4-5-18(13-24)17-36-11-9-20(10-12-36)26(37)38;1-2-3-4-5-6-7-8-12-15-17-16-13-10-9-11-14-16/h1-8,13-16,20,25,35H,9-12,17H2,(H,37,38);16-17H,2-15H2,1H3. The van der Waals surface area contributed by atoms with Gasteiger partial charge in [-0.15, -0.1) is 0 Å². The lowest BCUT2D eigenvalue weighted by Crippen LogP contribution is -2.35. The van der Waals surface area contributed by atoms with Gasteiger partial charge in [0.05, 0.1) is 23.1 Å². The number of carboxylic acids is 1. The average Bonchev–Trinajstić information content (AvgIpc) is 3.17. The third kappa shape index (κ3) is 15.5. The van der Waals surface area contributed by atoms with Crippen LogP contribution < -0.4 is 10.6 Å². The maximum absolute atomic E-state index is 13.5. The van der Waals surface area contributed by atoms with E-state index in [0.29, 0.717) is 43.7 Å². The minimum atomic E-state index is -4.95. The highest BCUT2D eigenvalue weighted by atomic mass is 19.4. The molecule has 1 atom stereocenters. The second-order valence-electron chi connectivity index (χ2n) is 15.2. The van der Waals surface area contributed by atoms with Gasteiger partial charge in [0.25, 0.3) is 0 Å². The number of anilines is 1. The molecule has 55 heavy (non-hydrogen) atoms. The molecule has 0 spiro atoms. The molecule has 2 aliphatic rings. The van der Waals surface area contributed by atoms with Crippen molar-refractivity contribution in [1.29, 1.82) is 0 Å². The predicted octanol–water partition coefficient (Wildman–Crippen LogP) is 12.3. The van der Waals surface area contributed by atoms with Gasteiger partial charge in [-0.25, -0.2) is 0 Å². The first-order valence-electron chi connectivity index (χ1n) is 20.2. The average molecular weight is 776 g/mol. The van der Waals surface area contributed by atoms with Crippen LogP contribution >= 0.6 is 0 Å². The molecule has 1 saturated heterocycles. The Morgan fingerprint density at radius 2 is 1.33 bits per heavy atom. The molecule has 3 aromatic carbocycles. The van der Waals surface area contributed by atoms with Gasteiger partial charge in [-0.3, -0.25) is 9.69 Å². The molecule has 2 fully saturated rings. The number of alkyl halides is 6.